The van der Waals surface area contributed by atoms with Gasteiger partial charge >= 0.3 is 0 Å². The molecule has 0 amide bonds. The van der Waals surface area contributed by atoms with Gasteiger partial charge in [0.15, 0.2) is 0 Å². The fraction of sp³-hybridized carbons (Fsp3) is 0.583. The molecule has 1 aliphatic rings. The molecule has 0 radical (unpaired) electrons. The van der Waals surface area contributed by atoms with E-state index in [0.29, 0.717) is 5.92 Å². The molecule has 0 bridgehead atoms. The lowest BCUT2D eigenvalue weighted by molar-refractivity contribution is 0.339. The second-order valence-electron chi connectivity index (χ2n) is 3.12. The molecule has 14 heavy (non-hydrogen) atoms. The molecule has 1 aliphatic carbocycles. The lowest BCUT2D eigenvalue weighted by atomic mass is 10.2. The molecule has 0 saturated heterocycles. The van der Waals surface area contributed by atoms with E-state index in [1.165, 1.54) is 18.5 Å². The molecule has 1 saturated carbocycles. The topological polar surface area (TPSA) is 22.1 Å². The first kappa shape index (κ1) is 11.0. The van der Waals surface area contributed by atoms with Crippen LogP contribution in [-0.4, -0.2) is 11.6 Å². The number of nitrogens with zero attached hydrogens (tertiary/aromatic N) is 1. The summed E-state index contributed by atoms with van der Waals surface area (Å²) in [5, 5.41) is 0. The Morgan fingerprint density at radius 2 is 2.14 bits per heavy atom. The van der Waals surface area contributed by atoms with Crippen molar-refractivity contribution in [1.29, 1.82) is 0 Å². The van der Waals surface area contributed by atoms with Crippen molar-refractivity contribution in [1.82, 2.24) is 4.98 Å². The summed E-state index contributed by atoms with van der Waals surface area (Å²) in [7, 11) is 0. The molecule has 0 aromatic carbocycles. The summed E-state index contributed by atoms with van der Waals surface area (Å²) in [5.41, 5.74) is 1.20. The van der Waals surface area contributed by atoms with E-state index < -0.39 is 0 Å². The summed E-state index contributed by atoms with van der Waals surface area (Å²) in [6.07, 6.45) is 4.42. The Labute approximate surface area is 86.3 Å². The van der Waals surface area contributed by atoms with Gasteiger partial charge in [0.2, 0.25) is 0 Å². The second-order valence-corrected chi connectivity index (χ2v) is 3.12. The summed E-state index contributed by atoms with van der Waals surface area (Å²) in [4.78, 5) is 4.30. The Morgan fingerprint density at radius 1 is 1.43 bits per heavy atom. The third-order valence-corrected chi connectivity index (χ3v) is 2.06. The maximum absolute atomic E-state index is 5.38. The van der Waals surface area contributed by atoms with Crippen molar-refractivity contribution in [3.8, 4) is 5.75 Å². The van der Waals surface area contributed by atoms with Gasteiger partial charge in [0, 0.05) is 23.9 Å². The van der Waals surface area contributed by atoms with Crippen LogP contribution in [0.15, 0.2) is 18.3 Å². The van der Waals surface area contributed by atoms with Gasteiger partial charge in [-0.1, -0.05) is 13.8 Å². The van der Waals surface area contributed by atoms with Gasteiger partial charge in [-0.15, -0.1) is 0 Å². The molecule has 1 aromatic heterocycles. The van der Waals surface area contributed by atoms with E-state index in [-0.39, 0.29) is 0 Å². The number of hydrogen-bond acceptors (Lipinski definition) is 2. The second kappa shape index (κ2) is 5.63. The Hall–Kier alpha value is -1.05. The van der Waals surface area contributed by atoms with Crippen molar-refractivity contribution in [3.05, 3.63) is 24.0 Å². The standard InChI is InChI=1S/C10H13NO.C2H6/c1-2-12-9-5-6-11-10(7-9)8-3-4-8;1-2/h5-8H,2-4H2,1H3;1-2H3. The van der Waals surface area contributed by atoms with Crippen molar-refractivity contribution in [2.75, 3.05) is 6.61 Å². The van der Waals surface area contributed by atoms with Gasteiger partial charge in [-0.3, -0.25) is 4.98 Å². The third kappa shape index (κ3) is 3.02. The average molecular weight is 193 g/mol. The molecule has 0 aliphatic heterocycles. The van der Waals surface area contributed by atoms with Gasteiger partial charge in [-0.05, 0) is 25.8 Å². The zero-order chi connectivity index (χ0) is 10.4. The van der Waals surface area contributed by atoms with Crippen LogP contribution >= 0.6 is 0 Å². The van der Waals surface area contributed by atoms with E-state index >= 15 is 0 Å². The molecule has 0 unspecified atom stereocenters. The zero-order valence-electron chi connectivity index (χ0n) is 9.29. The van der Waals surface area contributed by atoms with E-state index in [9.17, 15) is 0 Å². The van der Waals surface area contributed by atoms with Crippen LogP contribution in [0.4, 0.5) is 0 Å². The molecule has 2 nitrogen and oxygen atoms in total. The van der Waals surface area contributed by atoms with Crippen molar-refractivity contribution >= 4 is 0 Å². The normalized spacial score (nSPS) is 14.2. The number of aromatic nitrogens is 1. The van der Waals surface area contributed by atoms with Gasteiger partial charge in [0.05, 0.1) is 6.61 Å². The third-order valence-electron chi connectivity index (χ3n) is 2.06. The fourth-order valence-corrected chi connectivity index (χ4v) is 1.29. The molecule has 0 atom stereocenters. The number of rotatable bonds is 3. The van der Waals surface area contributed by atoms with Crippen molar-refractivity contribution < 1.29 is 4.74 Å². The SMILES string of the molecule is CC.CCOc1ccnc(C2CC2)c1. The minimum atomic E-state index is 0.713. The highest BCUT2D eigenvalue weighted by atomic mass is 16.5. The predicted molar refractivity (Wildman–Crippen MR) is 58.7 cm³/mol. The Morgan fingerprint density at radius 3 is 2.71 bits per heavy atom. The van der Waals surface area contributed by atoms with E-state index in [1.54, 1.807) is 0 Å². The van der Waals surface area contributed by atoms with E-state index in [1.807, 2.05) is 33.0 Å². The monoisotopic (exact) mass is 193 g/mol. The molecule has 1 aromatic rings. The lowest BCUT2D eigenvalue weighted by Gasteiger charge is -2.03. The van der Waals surface area contributed by atoms with Crippen LogP contribution in [-0.2, 0) is 0 Å². The number of hydrogen-bond donors (Lipinski definition) is 0. The fourth-order valence-electron chi connectivity index (χ4n) is 1.29. The zero-order valence-corrected chi connectivity index (χ0v) is 9.29. The summed E-state index contributed by atoms with van der Waals surface area (Å²) < 4.78 is 5.38. The molecule has 2 heteroatoms. The van der Waals surface area contributed by atoms with Gasteiger partial charge < -0.3 is 4.74 Å². The largest absolute Gasteiger partial charge is 0.494 e. The smallest absolute Gasteiger partial charge is 0.122 e. The molecular formula is C12H19NO. The van der Waals surface area contributed by atoms with E-state index in [4.69, 9.17) is 4.74 Å². The van der Waals surface area contributed by atoms with Gasteiger partial charge in [0.25, 0.3) is 0 Å². The van der Waals surface area contributed by atoms with Crippen LogP contribution < -0.4 is 4.74 Å². The van der Waals surface area contributed by atoms with Crippen LogP contribution in [0.1, 0.15) is 45.2 Å². The van der Waals surface area contributed by atoms with Crippen LogP contribution in [0.5, 0.6) is 5.75 Å². The van der Waals surface area contributed by atoms with Crippen LogP contribution in [0.2, 0.25) is 0 Å². The van der Waals surface area contributed by atoms with Crippen LogP contribution in [0.25, 0.3) is 0 Å². The number of pyridine rings is 1. The van der Waals surface area contributed by atoms with E-state index in [0.717, 1.165) is 12.4 Å². The van der Waals surface area contributed by atoms with Crippen molar-refractivity contribution in [2.45, 2.75) is 39.5 Å². The Bertz CT molecular complexity index is 269. The highest BCUT2D eigenvalue weighted by Gasteiger charge is 2.24. The van der Waals surface area contributed by atoms with Crippen molar-refractivity contribution in [2.24, 2.45) is 0 Å². The molecule has 0 spiro atoms. The lowest BCUT2D eigenvalue weighted by Crippen LogP contribution is -1.93. The first-order valence-electron chi connectivity index (χ1n) is 5.49. The van der Waals surface area contributed by atoms with Gasteiger partial charge in [-0.25, -0.2) is 0 Å². The quantitative estimate of drug-likeness (QED) is 0.734. The highest BCUT2D eigenvalue weighted by molar-refractivity contribution is 5.26. The maximum atomic E-state index is 5.38. The Balaban J connectivity index is 0.000000461. The van der Waals surface area contributed by atoms with Crippen molar-refractivity contribution in [3.63, 3.8) is 0 Å². The molecule has 2 rings (SSSR count). The van der Waals surface area contributed by atoms with Crippen LogP contribution in [0.3, 0.4) is 0 Å². The first-order valence-corrected chi connectivity index (χ1v) is 5.49. The summed E-state index contributed by atoms with van der Waals surface area (Å²) in [6.45, 7) is 6.73. The van der Waals surface area contributed by atoms with Gasteiger partial charge in [-0.2, -0.15) is 0 Å². The predicted octanol–water partition coefficient (Wildman–Crippen LogP) is 3.38. The molecular weight excluding hydrogens is 174 g/mol. The average Bonchev–Trinajstić information content (AvgIpc) is 3.05. The highest BCUT2D eigenvalue weighted by Crippen LogP contribution is 2.39. The molecule has 78 valence electrons. The molecule has 0 N–H and O–H groups in total. The molecule has 1 heterocycles. The maximum Gasteiger partial charge on any atom is 0.122 e. The van der Waals surface area contributed by atoms with Gasteiger partial charge in [0.1, 0.15) is 5.75 Å². The minimum absolute atomic E-state index is 0.713. The minimum Gasteiger partial charge on any atom is -0.494 e. The first-order chi connectivity index (χ1) is 6.90. The summed E-state index contributed by atoms with van der Waals surface area (Å²) in [6, 6.07) is 3.97. The summed E-state index contributed by atoms with van der Waals surface area (Å²) in [5.74, 6) is 1.67. The Kier molecular flexibility index (Phi) is 4.44. The number of ether oxygens (including phenoxy) is 1. The summed E-state index contributed by atoms with van der Waals surface area (Å²) >= 11 is 0. The molecule has 1 fully saturated rings. The van der Waals surface area contributed by atoms with Crippen LogP contribution in [0, 0.1) is 0 Å². The van der Waals surface area contributed by atoms with E-state index in [2.05, 4.69) is 11.1 Å².